The fraction of sp³-hybridized carbons (Fsp3) is 0.625. The average molecular weight is 233 g/mol. The Morgan fingerprint density at radius 2 is 1.82 bits per heavy atom. The summed E-state index contributed by atoms with van der Waals surface area (Å²) in [5.74, 6) is 0. The first kappa shape index (κ1) is 14.2. The lowest BCUT2D eigenvalue weighted by molar-refractivity contribution is 0.337. The van der Waals surface area contributed by atoms with E-state index in [9.17, 15) is 0 Å². The maximum absolute atomic E-state index is 3.46. The Morgan fingerprint density at radius 3 is 2.35 bits per heavy atom. The van der Waals surface area contributed by atoms with Gasteiger partial charge in [0.05, 0.1) is 0 Å². The van der Waals surface area contributed by atoms with Gasteiger partial charge >= 0.3 is 0 Å². The molecule has 0 saturated carbocycles. The zero-order valence-corrected chi connectivity index (χ0v) is 12.2. The Labute approximate surface area is 107 Å². The molecule has 0 spiro atoms. The van der Waals surface area contributed by atoms with Crippen molar-refractivity contribution < 1.29 is 0 Å². The van der Waals surface area contributed by atoms with Crippen LogP contribution in [0.3, 0.4) is 0 Å². The quantitative estimate of drug-likeness (QED) is 0.813. The van der Waals surface area contributed by atoms with Gasteiger partial charge in [-0.15, -0.1) is 0 Å². The highest BCUT2D eigenvalue weighted by Gasteiger charge is 2.17. The highest BCUT2D eigenvalue weighted by atomic mass is 14.9. The van der Waals surface area contributed by atoms with Gasteiger partial charge in [-0.25, -0.2) is 0 Å². The Hall–Kier alpha value is -0.820. The molecule has 17 heavy (non-hydrogen) atoms. The molecule has 0 aromatic heterocycles. The van der Waals surface area contributed by atoms with Crippen molar-refractivity contribution in [3.63, 3.8) is 0 Å². The van der Waals surface area contributed by atoms with E-state index < -0.39 is 0 Å². The molecule has 1 unspecified atom stereocenters. The number of aryl methyl sites for hydroxylation is 1. The second-order valence-electron chi connectivity index (χ2n) is 6.23. The van der Waals surface area contributed by atoms with Crippen LogP contribution in [0.25, 0.3) is 0 Å². The SMILES string of the molecule is CNC(CCC(C)(C)C)c1cccc(C)c1C. The standard InChI is InChI=1S/C16H27N/c1-12-8-7-9-14(13(12)2)15(17-6)10-11-16(3,4)5/h7-9,15,17H,10-11H2,1-6H3. The minimum absolute atomic E-state index is 0.410. The molecular formula is C16H27N. The first-order valence-corrected chi connectivity index (χ1v) is 6.58. The highest BCUT2D eigenvalue weighted by molar-refractivity contribution is 5.35. The number of hydrogen-bond acceptors (Lipinski definition) is 1. The smallest absolute Gasteiger partial charge is 0.0320 e. The minimum atomic E-state index is 0.410. The molecule has 1 rings (SSSR count). The average Bonchev–Trinajstić information content (AvgIpc) is 2.23. The summed E-state index contributed by atoms with van der Waals surface area (Å²) in [6.07, 6.45) is 2.44. The molecule has 0 aliphatic carbocycles. The third kappa shape index (κ3) is 4.16. The number of nitrogens with one attached hydrogen (secondary N) is 1. The van der Waals surface area contributed by atoms with Crippen molar-refractivity contribution >= 4 is 0 Å². The van der Waals surface area contributed by atoms with Crippen molar-refractivity contribution in [1.82, 2.24) is 5.32 Å². The summed E-state index contributed by atoms with van der Waals surface area (Å²) < 4.78 is 0. The lowest BCUT2D eigenvalue weighted by atomic mass is 9.86. The highest BCUT2D eigenvalue weighted by Crippen LogP contribution is 2.29. The molecule has 1 aromatic carbocycles. The van der Waals surface area contributed by atoms with E-state index in [4.69, 9.17) is 0 Å². The third-order valence-electron chi connectivity index (χ3n) is 3.55. The second-order valence-corrected chi connectivity index (χ2v) is 6.23. The largest absolute Gasteiger partial charge is 0.313 e. The van der Waals surface area contributed by atoms with Crippen molar-refractivity contribution in [2.24, 2.45) is 5.41 Å². The molecule has 0 bridgehead atoms. The normalized spacial score (nSPS) is 13.8. The van der Waals surface area contributed by atoms with Gasteiger partial charge in [0.2, 0.25) is 0 Å². The van der Waals surface area contributed by atoms with E-state index in [2.05, 4.69) is 65.2 Å². The van der Waals surface area contributed by atoms with E-state index in [0.717, 1.165) is 0 Å². The summed E-state index contributed by atoms with van der Waals surface area (Å²) in [5.41, 5.74) is 4.68. The van der Waals surface area contributed by atoms with Gasteiger partial charge in [-0.3, -0.25) is 0 Å². The van der Waals surface area contributed by atoms with Gasteiger partial charge in [0.15, 0.2) is 0 Å². The predicted molar refractivity (Wildman–Crippen MR) is 76.4 cm³/mol. The van der Waals surface area contributed by atoms with Crippen molar-refractivity contribution in [3.8, 4) is 0 Å². The van der Waals surface area contributed by atoms with Crippen LogP contribution in [0, 0.1) is 19.3 Å². The zero-order chi connectivity index (χ0) is 13.1. The van der Waals surface area contributed by atoms with E-state index >= 15 is 0 Å². The van der Waals surface area contributed by atoms with Gasteiger partial charge in [0, 0.05) is 6.04 Å². The third-order valence-corrected chi connectivity index (χ3v) is 3.55. The minimum Gasteiger partial charge on any atom is -0.313 e. The maximum atomic E-state index is 3.46. The molecule has 0 aliphatic rings. The van der Waals surface area contributed by atoms with E-state index in [-0.39, 0.29) is 0 Å². The van der Waals surface area contributed by atoms with Crippen molar-refractivity contribution in [2.75, 3.05) is 7.05 Å². The van der Waals surface area contributed by atoms with Crippen molar-refractivity contribution in [3.05, 3.63) is 34.9 Å². The summed E-state index contributed by atoms with van der Waals surface area (Å²) in [6, 6.07) is 7.09. The molecule has 1 atom stereocenters. The van der Waals surface area contributed by atoms with Crippen LogP contribution in [-0.4, -0.2) is 7.05 Å². The topological polar surface area (TPSA) is 12.0 Å². The second kappa shape index (κ2) is 5.68. The van der Waals surface area contributed by atoms with Crippen molar-refractivity contribution in [2.45, 2.75) is 53.5 Å². The first-order chi connectivity index (χ1) is 7.85. The van der Waals surface area contributed by atoms with Gasteiger partial charge in [0.25, 0.3) is 0 Å². The Bertz CT molecular complexity index is 360. The van der Waals surface area contributed by atoms with Crippen LogP contribution in [0.15, 0.2) is 18.2 Å². The summed E-state index contributed by atoms with van der Waals surface area (Å²) in [6.45, 7) is 11.3. The summed E-state index contributed by atoms with van der Waals surface area (Å²) in [4.78, 5) is 0. The Balaban J connectivity index is 2.83. The number of benzene rings is 1. The number of hydrogen-bond donors (Lipinski definition) is 1. The zero-order valence-electron chi connectivity index (χ0n) is 12.2. The fourth-order valence-corrected chi connectivity index (χ4v) is 2.18. The van der Waals surface area contributed by atoms with Gasteiger partial charge in [0.1, 0.15) is 0 Å². The molecular weight excluding hydrogens is 206 g/mol. The monoisotopic (exact) mass is 233 g/mol. The molecule has 0 radical (unpaired) electrons. The molecule has 1 nitrogen and oxygen atoms in total. The van der Waals surface area contributed by atoms with Gasteiger partial charge in [-0.05, 0) is 55.8 Å². The van der Waals surface area contributed by atoms with Crippen LogP contribution in [0.2, 0.25) is 0 Å². The molecule has 0 saturated heterocycles. The van der Waals surface area contributed by atoms with Gasteiger partial charge in [-0.1, -0.05) is 39.0 Å². The fourth-order valence-electron chi connectivity index (χ4n) is 2.18. The van der Waals surface area contributed by atoms with Crippen molar-refractivity contribution in [1.29, 1.82) is 0 Å². The first-order valence-electron chi connectivity index (χ1n) is 6.58. The predicted octanol–water partition coefficient (Wildman–Crippen LogP) is 4.39. The maximum Gasteiger partial charge on any atom is 0.0320 e. The van der Waals surface area contributed by atoms with Crippen LogP contribution in [0.5, 0.6) is 0 Å². The van der Waals surface area contributed by atoms with E-state index in [0.29, 0.717) is 11.5 Å². The summed E-state index contributed by atoms with van der Waals surface area (Å²) >= 11 is 0. The Kier molecular flexibility index (Phi) is 4.76. The molecule has 0 heterocycles. The van der Waals surface area contributed by atoms with Gasteiger partial charge < -0.3 is 5.32 Å². The summed E-state index contributed by atoms with van der Waals surface area (Å²) in [7, 11) is 2.06. The van der Waals surface area contributed by atoms with Crippen LogP contribution in [-0.2, 0) is 0 Å². The van der Waals surface area contributed by atoms with E-state index in [1.165, 1.54) is 29.5 Å². The molecule has 96 valence electrons. The lowest BCUT2D eigenvalue weighted by Gasteiger charge is -2.24. The molecule has 0 aliphatic heterocycles. The van der Waals surface area contributed by atoms with E-state index in [1.807, 2.05) is 0 Å². The summed E-state index contributed by atoms with van der Waals surface area (Å²) in [5, 5.41) is 3.46. The number of rotatable bonds is 4. The van der Waals surface area contributed by atoms with Crippen LogP contribution in [0.1, 0.15) is 56.3 Å². The van der Waals surface area contributed by atoms with E-state index in [1.54, 1.807) is 0 Å². The van der Waals surface area contributed by atoms with Crippen LogP contribution < -0.4 is 5.32 Å². The van der Waals surface area contributed by atoms with Crippen LogP contribution >= 0.6 is 0 Å². The molecule has 1 aromatic rings. The lowest BCUT2D eigenvalue weighted by Crippen LogP contribution is -2.20. The Morgan fingerprint density at radius 1 is 1.18 bits per heavy atom. The molecule has 1 N–H and O–H groups in total. The molecule has 0 amide bonds. The van der Waals surface area contributed by atoms with Crippen LogP contribution in [0.4, 0.5) is 0 Å². The molecule has 0 fully saturated rings. The van der Waals surface area contributed by atoms with Gasteiger partial charge in [-0.2, -0.15) is 0 Å². The molecule has 1 heteroatoms.